The summed E-state index contributed by atoms with van der Waals surface area (Å²) in [6.45, 7) is 1.55. The third-order valence-electron chi connectivity index (χ3n) is 5.55. The molecule has 0 atom stereocenters. The molecule has 2 fully saturated rings. The molecule has 3 aromatic heterocycles. The number of rotatable bonds is 6. The minimum absolute atomic E-state index is 0.0739. The highest BCUT2D eigenvalue weighted by atomic mass is 32.2. The van der Waals surface area contributed by atoms with E-state index in [9.17, 15) is 4.79 Å². The predicted molar refractivity (Wildman–Crippen MR) is 123 cm³/mol. The van der Waals surface area contributed by atoms with Crippen LogP contribution < -0.4 is 10.6 Å². The summed E-state index contributed by atoms with van der Waals surface area (Å²) >= 11 is 2.99. The number of ether oxygens (including phenoxy) is 1. The van der Waals surface area contributed by atoms with Crippen LogP contribution in [0.3, 0.4) is 0 Å². The number of hydrogen-bond acceptors (Lipinski definition) is 9. The van der Waals surface area contributed by atoms with E-state index >= 15 is 0 Å². The molecular formula is C21H21N7O2S2. The predicted octanol–water partition coefficient (Wildman–Crippen LogP) is 3.82. The first-order valence-electron chi connectivity index (χ1n) is 10.7. The number of thiazole rings is 1. The van der Waals surface area contributed by atoms with Gasteiger partial charge in [0.15, 0.2) is 10.8 Å². The van der Waals surface area contributed by atoms with Gasteiger partial charge in [0.2, 0.25) is 11.1 Å². The van der Waals surface area contributed by atoms with Crippen molar-refractivity contribution < 1.29 is 9.53 Å². The van der Waals surface area contributed by atoms with Crippen molar-refractivity contribution in [3.8, 4) is 0 Å². The van der Waals surface area contributed by atoms with Gasteiger partial charge in [0.1, 0.15) is 5.82 Å². The van der Waals surface area contributed by atoms with Crippen LogP contribution >= 0.6 is 23.1 Å². The van der Waals surface area contributed by atoms with Gasteiger partial charge in [0, 0.05) is 30.1 Å². The summed E-state index contributed by atoms with van der Waals surface area (Å²) < 4.78 is 8.22. The topological polar surface area (TPSA) is 106 Å². The zero-order valence-corrected chi connectivity index (χ0v) is 18.8. The van der Waals surface area contributed by atoms with Crippen molar-refractivity contribution >= 4 is 55.8 Å². The molecule has 2 aliphatic rings. The van der Waals surface area contributed by atoms with Gasteiger partial charge in [-0.3, -0.25) is 4.79 Å². The molecule has 0 spiro atoms. The maximum Gasteiger partial charge on any atom is 0.229 e. The molecule has 0 unspecified atom stereocenters. The number of anilines is 2. The lowest BCUT2D eigenvalue weighted by atomic mass is 10.1. The highest BCUT2D eigenvalue weighted by Gasteiger charge is 2.30. The normalized spacial score (nSPS) is 17.1. The average molecular weight is 468 g/mol. The van der Waals surface area contributed by atoms with Crippen LogP contribution in [0.5, 0.6) is 0 Å². The number of carbonyl (C=O) groups is 1. The first-order chi connectivity index (χ1) is 15.7. The molecule has 6 rings (SSSR count). The second kappa shape index (κ2) is 8.30. The van der Waals surface area contributed by atoms with E-state index in [-0.39, 0.29) is 11.8 Å². The van der Waals surface area contributed by atoms with E-state index in [4.69, 9.17) is 9.84 Å². The minimum atomic E-state index is 0.0739. The molecular weight excluding hydrogens is 446 g/mol. The van der Waals surface area contributed by atoms with E-state index < -0.39 is 0 Å². The molecule has 0 bridgehead atoms. The SMILES string of the molecule is O=C(Nc1nc2ccc(Sc3nnc4ccc(NC5CCOCC5)nn34)cc2s1)C1CC1. The van der Waals surface area contributed by atoms with Crippen LogP contribution in [0.1, 0.15) is 25.7 Å². The lowest BCUT2D eigenvalue weighted by Crippen LogP contribution is -2.28. The molecule has 4 heterocycles. The van der Waals surface area contributed by atoms with E-state index in [2.05, 4.69) is 31.9 Å². The number of aromatic nitrogens is 5. The Balaban J connectivity index is 1.22. The summed E-state index contributed by atoms with van der Waals surface area (Å²) in [5.74, 6) is 1.04. The number of nitrogens with zero attached hydrogens (tertiary/aromatic N) is 5. The molecule has 9 nitrogen and oxygen atoms in total. The Morgan fingerprint density at radius 3 is 2.84 bits per heavy atom. The molecule has 1 aromatic carbocycles. The van der Waals surface area contributed by atoms with E-state index in [0.717, 1.165) is 59.8 Å². The van der Waals surface area contributed by atoms with Gasteiger partial charge in [-0.25, -0.2) is 4.98 Å². The zero-order valence-electron chi connectivity index (χ0n) is 17.2. The van der Waals surface area contributed by atoms with Crippen LogP contribution in [0.15, 0.2) is 40.4 Å². The fourth-order valence-electron chi connectivity index (χ4n) is 3.64. The molecule has 1 amide bonds. The van der Waals surface area contributed by atoms with Gasteiger partial charge >= 0.3 is 0 Å². The molecule has 11 heteroatoms. The Morgan fingerprint density at radius 1 is 1.12 bits per heavy atom. The Kier molecular flexibility index (Phi) is 5.16. The monoisotopic (exact) mass is 467 g/mol. The number of amides is 1. The standard InChI is InChI=1S/C21H21N7O2S2/c29-19(12-1-2-12)24-20-23-15-4-3-14(11-16(15)32-20)31-21-26-25-18-6-5-17(27-28(18)21)22-13-7-9-30-10-8-13/h3-6,11-13H,1-2,7-10H2,(H,22,27)(H,23,24,29). The maximum atomic E-state index is 12.0. The van der Waals surface area contributed by atoms with Crippen LogP contribution in [-0.2, 0) is 9.53 Å². The largest absolute Gasteiger partial charge is 0.381 e. The Bertz CT molecular complexity index is 1290. The highest BCUT2D eigenvalue weighted by Crippen LogP contribution is 2.35. The summed E-state index contributed by atoms with van der Waals surface area (Å²) in [5.41, 5.74) is 1.58. The van der Waals surface area contributed by atoms with Gasteiger partial charge in [-0.15, -0.1) is 15.3 Å². The molecule has 2 N–H and O–H groups in total. The number of fused-ring (bicyclic) bond motifs is 2. The summed E-state index contributed by atoms with van der Waals surface area (Å²) in [5, 5.41) is 21.1. The van der Waals surface area contributed by atoms with E-state index in [0.29, 0.717) is 22.0 Å². The lowest BCUT2D eigenvalue weighted by Gasteiger charge is -2.23. The number of benzene rings is 1. The highest BCUT2D eigenvalue weighted by molar-refractivity contribution is 7.99. The summed E-state index contributed by atoms with van der Waals surface area (Å²) in [6, 6.07) is 10.3. The Labute approximate surface area is 192 Å². The smallest absolute Gasteiger partial charge is 0.229 e. The van der Waals surface area contributed by atoms with Crippen LogP contribution in [0.25, 0.3) is 15.9 Å². The van der Waals surface area contributed by atoms with Crippen LogP contribution in [0, 0.1) is 5.92 Å². The van der Waals surface area contributed by atoms with E-state index in [1.54, 1.807) is 4.52 Å². The first kappa shape index (κ1) is 19.9. The second-order valence-corrected chi connectivity index (χ2v) is 10.1. The van der Waals surface area contributed by atoms with Gasteiger partial charge in [0.05, 0.1) is 10.2 Å². The van der Waals surface area contributed by atoms with Crippen molar-refractivity contribution in [3.63, 3.8) is 0 Å². The van der Waals surface area contributed by atoms with Gasteiger partial charge in [-0.05, 0) is 67.8 Å². The first-order valence-corrected chi connectivity index (χ1v) is 12.3. The lowest BCUT2D eigenvalue weighted by molar-refractivity contribution is -0.117. The second-order valence-electron chi connectivity index (χ2n) is 8.02. The number of nitrogens with one attached hydrogen (secondary N) is 2. The summed E-state index contributed by atoms with van der Waals surface area (Å²) in [4.78, 5) is 17.6. The van der Waals surface area contributed by atoms with Gasteiger partial charge in [-0.2, -0.15) is 4.52 Å². The minimum Gasteiger partial charge on any atom is -0.381 e. The third-order valence-corrected chi connectivity index (χ3v) is 7.42. The molecule has 32 heavy (non-hydrogen) atoms. The molecule has 1 saturated carbocycles. The van der Waals surface area contributed by atoms with E-state index in [1.807, 2.05) is 24.3 Å². The Morgan fingerprint density at radius 2 is 2.00 bits per heavy atom. The zero-order chi connectivity index (χ0) is 21.5. The van der Waals surface area contributed by atoms with Gasteiger partial charge in [0.25, 0.3) is 0 Å². The quantitative estimate of drug-likeness (QED) is 0.441. The van der Waals surface area contributed by atoms with Crippen LogP contribution in [-0.4, -0.2) is 50.0 Å². The molecule has 1 saturated heterocycles. The van der Waals surface area contributed by atoms with Crippen molar-refractivity contribution in [1.82, 2.24) is 24.8 Å². The van der Waals surface area contributed by atoms with Crippen molar-refractivity contribution in [2.45, 2.75) is 41.8 Å². The van der Waals surface area contributed by atoms with Crippen molar-refractivity contribution in [2.24, 2.45) is 5.92 Å². The van der Waals surface area contributed by atoms with Gasteiger partial charge in [-0.1, -0.05) is 11.3 Å². The fraction of sp³-hybridized carbons (Fsp3) is 0.381. The Hall–Kier alpha value is -2.76. The molecule has 164 valence electrons. The average Bonchev–Trinajstić information content (AvgIpc) is 3.48. The van der Waals surface area contributed by atoms with Crippen molar-refractivity contribution in [2.75, 3.05) is 23.8 Å². The fourth-order valence-corrected chi connectivity index (χ4v) is 5.45. The maximum absolute atomic E-state index is 12.0. The van der Waals surface area contributed by atoms with Crippen molar-refractivity contribution in [1.29, 1.82) is 0 Å². The van der Waals surface area contributed by atoms with Crippen molar-refractivity contribution in [3.05, 3.63) is 30.3 Å². The van der Waals surface area contributed by atoms with Gasteiger partial charge < -0.3 is 15.4 Å². The molecule has 1 aliphatic carbocycles. The van der Waals surface area contributed by atoms with Crippen LogP contribution in [0.4, 0.5) is 10.9 Å². The third kappa shape index (κ3) is 4.15. The molecule has 0 radical (unpaired) electrons. The summed E-state index contributed by atoms with van der Waals surface area (Å²) in [6.07, 6.45) is 3.90. The number of carbonyl (C=O) groups excluding carboxylic acids is 1. The molecule has 4 aromatic rings. The van der Waals surface area contributed by atoms with E-state index in [1.165, 1.54) is 23.1 Å². The molecule has 1 aliphatic heterocycles. The number of hydrogen-bond donors (Lipinski definition) is 2. The summed E-state index contributed by atoms with van der Waals surface area (Å²) in [7, 11) is 0. The van der Waals surface area contributed by atoms with Crippen LogP contribution in [0.2, 0.25) is 0 Å².